The summed E-state index contributed by atoms with van der Waals surface area (Å²) in [5.74, 6) is -15.5. The van der Waals surface area contributed by atoms with Gasteiger partial charge in [-0.1, -0.05) is 224 Å². The lowest BCUT2D eigenvalue weighted by Crippen LogP contribution is -2.54. The Morgan fingerprint density at radius 1 is 0.405 bits per heavy atom. The lowest BCUT2D eigenvalue weighted by Gasteiger charge is -2.57. The largest absolute Gasteiger partial charge is 0.550 e. The van der Waals surface area contributed by atoms with E-state index in [1.165, 1.54) is 85.4 Å². The van der Waals surface area contributed by atoms with Gasteiger partial charge in [0.2, 0.25) is 5.82 Å². The van der Waals surface area contributed by atoms with Crippen molar-refractivity contribution in [3.05, 3.63) is 366 Å². The number of hydrogen-bond donors (Lipinski definition) is 1. The van der Waals surface area contributed by atoms with E-state index in [0.29, 0.717) is 23.5 Å². The number of methoxy groups -OCH3 is 1. The molecule has 0 N–H and O–H groups in total. The van der Waals surface area contributed by atoms with E-state index in [-0.39, 0.29) is 50.5 Å². The topological polar surface area (TPSA) is 210 Å². The quantitative estimate of drug-likeness (QED) is 0.0377. The van der Waals surface area contributed by atoms with E-state index in [1.807, 2.05) is 79.7 Å². The smallest absolute Gasteiger partial charge is 0.200 e. The van der Waals surface area contributed by atoms with E-state index >= 15 is 0 Å². The van der Waals surface area contributed by atoms with Crippen molar-refractivity contribution < 1.29 is 76.2 Å². The van der Waals surface area contributed by atoms with Gasteiger partial charge in [-0.2, -0.15) is 0 Å². The van der Waals surface area contributed by atoms with Gasteiger partial charge in [-0.05, 0) is 299 Å². The summed E-state index contributed by atoms with van der Waals surface area (Å²) in [6, 6.07) is 102. The Morgan fingerprint density at radius 3 is 1.01 bits per heavy atom. The third-order valence-corrected chi connectivity index (χ3v) is 26.6. The average Bonchev–Trinajstić information content (AvgIpc) is 0.743. The third kappa shape index (κ3) is 33.7. The maximum Gasteiger partial charge on any atom is 0.200 e. The van der Waals surface area contributed by atoms with Crippen LogP contribution in [-0.4, -0.2) is 37.0 Å². The van der Waals surface area contributed by atoms with Crippen LogP contribution in [0.1, 0.15) is 155 Å². The number of thiol groups is 1. The molecule has 11 nitrogen and oxygen atoms in total. The fraction of sp³-hybridized carbons (Fsp3) is 0.260. The number of aliphatic carboxylic acids is 3. The highest BCUT2D eigenvalue weighted by Crippen LogP contribution is 2.60. The molecule has 5 fully saturated rings. The second-order valence-electron chi connectivity index (χ2n) is 32.6. The number of rotatable bonds is 13. The molecule has 0 unspecified atom stereocenters. The molecule has 0 heterocycles. The molecule has 0 radical (unpaired) electrons. The molecule has 0 spiro atoms. The monoisotopic (exact) mass is 1820 g/mol. The van der Waals surface area contributed by atoms with Crippen molar-refractivity contribution in [1.29, 1.82) is 0 Å². The zero-order chi connectivity index (χ0) is 92.1. The predicted octanol–water partition coefficient (Wildman–Crippen LogP) is 18.0. The highest BCUT2D eigenvalue weighted by Gasteiger charge is 2.51. The van der Waals surface area contributed by atoms with Crippen molar-refractivity contribution in [2.24, 2.45) is 29.1 Å². The highest BCUT2D eigenvalue weighted by molar-refractivity contribution is 7.97. The number of halogens is 5. The minimum absolute atomic E-state index is 0.000278. The summed E-state index contributed by atoms with van der Waals surface area (Å²) in [6.45, 7) is 15.4. The Kier molecular flexibility index (Phi) is 41.8. The second-order valence-corrected chi connectivity index (χ2v) is 38.9. The first kappa shape index (κ1) is 103. The van der Waals surface area contributed by atoms with Crippen molar-refractivity contribution >= 4 is 102 Å². The second kappa shape index (κ2) is 51.4. The molecule has 662 valence electrons. The van der Waals surface area contributed by atoms with Gasteiger partial charge < -0.3 is 54.2 Å². The summed E-state index contributed by atoms with van der Waals surface area (Å²) >= 11 is 14.6. The molecule has 0 atom stereocenters. The molecule has 5 aliphatic carbocycles. The zero-order valence-corrected chi connectivity index (χ0v) is 77.3. The van der Waals surface area contributed by atoms with Crippen LogP contribution >= 0.6 is 12.6 Å². The first-order valence-corrected chi connectivity index (χ1v) is 45.6. The first-order valence-electron chi connectivity index (χ1n) is 41.2. The van der Waals surface area contributed by atoms with Crippen molar-refractivity contribution in [2.75, 3.05) is 7.11 Å². The van der Waals surface area contributed by atoms with Crippen LogP contribution in [0.2, 0.25) is 0 Å². The van der Waals surface area contributed by atoms with E-state index < -0.39 is 69.9 Å². The van der Waals surface area contributed by atoms with Crippen LogP contribution in [0.4, 0.5) is 22.0 Å². The van der Waals surface area contributed by atoms with Crippen LogP contribution in [-0.2, 0) is 91.3 Å². The van der Waals surface area contributed by atoms with Crippen molar-refractivity contribution in [3.63, 3.8) is 0 Å². The Bertz CT molecular complexity index is 5130. The summed E-state index contributed by atoms with van der Waals surface area (Å²) in [5.41, 5.74) is 2.92. The van der Waals surface area contributed by atoms with Gasteiger partial charge in [0, 0.05) is 34.6 Å². The van der Waals surface area contributed by atoms with Crippen LogP contribution < -0.4 is 30.3 Å². The normalized spacial score (nSPS) is 15.6. The molecule has 0 saturated heterocycles. The number of carboxylic acid groups (broad SMARTS) is 5. The average molecular weight is 1820 g/mol. The summed E-state index contributed by atoms with van der Waals surface area (Å²) in [4.78, 5) is 64.3. The molecule has 0 amide bonds. The fourth-order valence-corrected chi connectivity index (χ4v) is 19.5. The van der Waals surface area contributed by atoms with Gasteiger partial charge in [0.15, 0.2) is 52.6 Å². The molecule has 126 heavy (non-hydrogen) atoms. The minimum atomic E-state index is -2.47. The van der Waals surface area contributed by atoms with Crippen molar-refractivity contribution in [2.45, 2.75) is 185 Å². The maximum absolute atomic E-state index is 12.5. The zero-order valence-electron chi connectivity index (χ0n) is 71.8. The van der Waals surface area contributed by atoms with Gasteiger partial charge in [-0.25, -0.2) is 22.0 Å². The van der Waals surface area contributed by atoms with E-state index in [9.17, 15) is 71.5 Å². The molecule has 0 aromatic heterocycles. The summed E-state index contributed by atoms with van der Waals surface area (Å²) in [5, 5.41) is 51.8. The number of aryl methyl sites for hydroxylation is 1. The van der Waals surface area contributed by atoms with Crippen LogP contribution in [0.3, 0.4) is 0 Å². The van der Waals surface area contributed by atoms with Crippen molar-refractivity contribution in [3.8, 4) is 5.75 Å². The van der Waals surface area contributed by atoms with Gasteiger partial charge >= 0.3 is 0 Å². The number of hydrogen-bond acceptors (Lipinski definition) is 12. The van der Waals surface area contributed by atoms with Crippen LogP contribution in [0.15, 0.2) is 352 Å². The molecule has 4 bridgehead atoms. The van der Waals surface area contributed by atoms with Crippen molar-refractivity contribution in [1.82, 2.24) is 0 Å². The molecule has 5 saturated carbocycles. The van der Waals surface area contributed by atoms with Crippen LogP contribution in [0.5, 0.6) is 5.75 Å². The minimum Gasteiger partial charge on any atom is -0.550 e. The molecule has 0 aliphatic heterocycles. The predicted molar refractivity (Wildman–Crippen MR) is 497 cm³/mol. The first-order chi connectivity index (χ1) is 60.0. The lowest BCUT2D eigenvalue weighted by atomic mass is 9.49. The van der Waals surface area contributed by atoms with E-state index in [1.54, 1.807) is 24.3 Å². The number of ether oxygens (including phenoxy) is 1. The number of aromatic carboxylic acids is 2. The highest BCUT2D eigenvalue weighted by atomic mass is 32.2. The van der Waals surface area contributed by atoms with E-state index in [0.717, 1.165) is 75.7 Å². The Balaban J connectivity index is 0.000000196. The van der Waals surface area contributed by atoms with Gasteiger partial charge in [0.1, 0.15) is 20.4 Å². The van der Waals surface area contributed by atoms with E-state index in [2.05, 4.69) is 286 Å². The molecule has 12 aromatic carbocycles. The molecule has 5 aliphatic rings. The molecule has 22 heteroatoms. The Hall–Kier alpha value is -10.5. The molecule has 12 aromatic rings. The van der Waals surface area contributed by atoms with Crippen LogP contribution in [0.25, 0.3) is 0 Å². The summed E-state index contributed by atoms with van der Waals surface area (Å²) in [7, 11) is 1.42. The standard InChI is InChI=1S/C22H23S.C18H14S2.C11H16O2.C10H14S.C9H10O2.C8H8O3.C7HF5O2.C7H12O2.2C6H6S/c1-22(2,3)18-14-16-21(17-15-18)23(19-10-6-4-7-11-19)20-12-8-5-9-13-20;19-15-11-13-18(14-12-15)20(16-7-3-1-4-8-16)17-9-5-2-6-10-17;12-10(13)11-4-7-1-8(5-11)3-9(2-7)6-11;1-10(2,3)8-4-6-9(11)7-5-8;1-7-2-4-8(5-3-7)6-9(10)11;1-11-7-4-2-6(3-5-7)8(9)10;8-2-1(7(13)14)3(9)5(11)6(12)4(2)10;8-7(9)6-4-2-1-3-5-6;2*7-6-4-2-1-3-5-6/h4-17H,1-3H3;1-14H;7-9H,1-6H2,(H,12,13);4-7,11H,1-3H3;2-5H,6H2,1H3,(H,10,11);2-5H,1H3,(H,9,10);(H,13,14);6H,1-5H2,(H,8,9);2*1-5,7H/q+1;;;;;;;;;/p-1. The van der Waals surface area contributed by atoms with Gasteiger partial charge in [-0.15, -0.1) is 12.6 Å². The molecular formula is C104H109F5O11S6. The Labute approximate surface area is 765 Å². The number of carbonyl (C=O) groups is 5. The van der Waals surface area contributed by atoms with Crippen LogP contribution in [0, 0.1) is 65.1 Å². The van der Waals surface area contributed by atoms with E-state index in [4.69, 9.17) is 4.74 Å². The number of benzene rings is 12. The summed E-state index contributed by atoms with van der Waals surface area (Å²) in [6.07, 6.45) is 11.7. The lowest BCUT2D eigenvalue weighted by molar-refractivity contribution is -0.327. The van der Waals surface area contributed by atoms with Gasteiger partial charge in [-0.3, -0.25) is 0 Å². The fourth-order valence-electron chi connectivity index (χ4n) is 14.6. The Morgan fingerprint density at radius 2 is 0.722 bits per heavy atom. The van der Waals surface area contributed by atoms with Gasteiger partial charge in [0.05, 0.1) is 46.4 Å². The molecular weight excluding hydrogens is 1710 g/mol. The SMILES string of the molecule is CC(C)(C)c1ccc([S+](c2ccccc2)c2ccccc2)cc1.CC(C)(C)c1ccc([SH2+])cc1.COc1ccc(C(=O)[O-])cc1.Cc1ccc(CC(=O)[O-])cc1.O=C([O-])C12CC3CC(CC(C3)C1)C2.O=C([O-])C1CCCCC1.O=C([O-])c1c(F)c(F)c(F)c(F)c1F.Sc1ccc([S+](c2ccccc2)c2ccccc2)cc1.[SH2+]c1ccccc1.[SH2+]c1ccccc1. The number of carboxylic acids is 5. The maximum atomic E-state index is 12.5. The third-order valence-electron chi connectivity index (χ3n) is 20.9. The number of carbonyl (C=O) groups excluding carboxylic acids is 5. The van der Waals surface area contributed by atoms with Gasteiger partial charge in [0.25, 0.3) is 0 Å². The summed E-state index contributed by atoms with van der Waals surface area (Å²) < 4.78 is 66.8. The molecule has 17 rings (SSSR count).